The summed E-state index contributed by atoms with van der Waals surface area (Å²) in [5, 5.41) is 7.90. The van der Waals surface area contributed by atoms with Crippen LogP contribution in [0.3, 0.4) is 0 Å². The van der Waals surface area contributed by atoms with Crippen molar-refractivity contribution < 1.29 is 4.74 Å². The van der Waals surface area contributed by atoms with E-state index in [1.54, 1.807) is 0 Å². The van der Waals surface area contributed by atoms with Crippen LogP contribution in [0, 0.1) is 6.92 Å². The molecular formula is C17H25N3O. The Balaban J connectivity index is 1.93. The molecule has 0 aliphatic heterocycles. The number of benzene rings is 1. The molecule has 1 unspecified atom stereocenters. The first-order valence-corrected chi connectivity index (χ1v) is 7.45. The molecule has 0 amide bonds. The topological polar surface area (TPSA) is 39.1 Å². The van der Waals surface area contributed by atoms with Crippen molar-refractivity contribution in [3.05, 3.63) is 47.3 Å². The second-order valence-corrected chi connectivity index (χ2v) is 5.75. The van der Waals surface area contributed by atoms with Crippen LogP contribution in [-0.4, -0.2) is 15.9 Å². The third-order valence-electron chi connectivity index (χ3n) is 3.47. The largest absolute Gasteiger partial charge is 0.491 e. The zero-order valence-corrected chi connectivity index (χ0v) is 13.6. The van der Waals surface area contributed by atoms with Gasteiger partial charge >= 0.3 is 0 Å². The average Bonchev–Trinajstić information content (AvgIpc) is 2.74. The van der Waals surface area contributed by atoms with Crippen LogP contribution in [-0.2, 0) is 13.6 Å². The van der Waals surface area contributed by atoms with Crippen molar-refractivity contribution in [3.8, 4) is 5.75 Å². The summed E-state index contributed by atoms with van der Waals surface area (Å²) in [4.78, 5) is 0. The fraction of sp³-hybridized carbons (Fsp3) is 0.471. The van der Waals surface area contributed by atoms with Gasteiger partial charge in [-0.1, -0.05) is 12.1 Å². The quantitative estimate of drug-likeness (QED) is 0.885. The maximum atomic E-state index is 5.67. The van der Waals surface area contributed by atoms with E-state index < -0.39 is 0 Å². The van der Waals surface area contributed by atoms with E-state index in [0.717, 1.165) is 18.0 Å². The predicted octanol–water partition coefficient (Wildman–Crippen LogP) is 3.37. The van der Waals surface area contributed by atoms with Gasteiger partial charge in [-0.2, -0.15) is 5.10 Å². The van der Waals surface area contributed by atoms with Crippen LogP contribution in [0.1, 0.15) is 43.6 Å². The van der Waals surface area contributed by atoms with Gasteiger partial charge in [0, 0.05) is 31.4 Å². The molecule has 1 heterocycles. The lowest BCUT2D eigenvalue weighted by Crippen LogP contribution is -2.18. The van der Waals surface area contributed by atoms with Crippen molar-refractivity contribution in [2.75, 3.05) is 0 Å². The molecule has 0 spiro atoms. The number of nitrogens with one attached hydrogen (secondary N) is 1. The molecule has 0 bridgehead atoms. The number of hydrogen-bond acceptors (Lipinski definition) is 3. The molecule has 1 N–H and O–H groups in total. The minimum Gasteiger partial charge on any atom is -0.491 e. The minimum atomic E-state index is 0.208. The second-order valence-electron chi connectivity index (χ2n) is 5.75. The van der Waals surface area contributed by atoms with Gasteiger partial charge in [0.05, 0.1) is 11.8 Å². The number of nitrogens with zero attached hydrogens (tertiary/aromatic N) is 2. The van der Waals surface area contributed by atoms with Crippen LogP contribution in [0.5, 0.6) is 5.75 Å². The second kappa shape index (κ2) is 6.76. The van der Waals surface area contributed by atoms with Gasteiger partial charge in [-0.05, 0) is 45.4 Å². The molecule has 114 valence electrons. The first-order valence-electron chi connectivity index (χ1n) is 7.45. The molecule has 1 aromatic carbocycles. The third-order valence-corrected chi connectivity index (χ3v) is 3.47. The molecule has 1 aromatic heterocycles. The summed E-state index contributed by atoms with van der Waals surface area (Å²) in [5.41, 5.74) is 3.58. The first-order chi connectivity index (χ1) is 9.95. The van der Waals surface area contributed by atoms with Crippen LogP contribution in [0.4, 0.5) is 0 Å². The Morgan fingerprint density at radius 1 is 1.19 bits per heavy atom. The molecule has 0 saturated carbocycles. The van der Waals surface area contributed by atoms with Crippen LogP contribution in [0.25, 0.3) is 0 Å². The summed E-state index contributed by atoms with van der Waals surface area (Å²) in [7, 11) is 1.95. The zero-order chi connectivity index (χ0) is 15.4. The van der Waals surface area contributed by atoms with Gasteiger partial charge in [0.2, 0.25) is 0 Å². The molecule has 2 aromatic rings. The fourth-order valence-corrected chi connectivity index (χ4v) is 2.31. The maximum absolute atomic E-state index is 5.67. The molecule has 0 aliphatic rings. The van der Waals surface area contributed by atoms with Crippen molar-refractivity contribution in [3.63, 3.8) is 0 Å². The summed E-state index contributed by atoms with van der Waals surface area (Å²) in [6, 6.07) is 8.58. The van der Waals surface area contributed by atoms with Gasteiger partial charge < -0.3 is 10.1 Å². The van der Waals surface area contributed by atoms with Crippen molar-refractivity contribution in [1.82, 2.24) is 15.1 Å². The standard InChI is InChI=1S/C17H25N3O/c1-12(2)21-17-8-6-15(7-9-17)13(3)18-10-16-11-20(5)19-14(16)4/h6-9,11-13,18H,10H2,1-5H3. The molecule has 2 rings (SSSR count). The van der Waals surface area contributed by atoms with Gasteiger partial charge in [-0.25, -0.2) is 0 Å². The zero-order valence-electron chi connectivity index (χ0n) is 13.6. The van der Waals surface area contributed by atoms with E-state index in [-0.39, 0.29) is 12.1 Å². The SMILES string of the molecule is Cc1nn(C)cc1CNC(C)c1ccc(OC(C)C)cc1. The Bertz CT molecular complexity index is 572. The van der Waals surface area contributed by atoms with Gasteiger partial charge in [0.1, 0.15) is 5.75 Å². The molecule has 21 heavy (non-hydrogen) atoms. The van der Waals surface area contributed by atoms with E-state index in [9.17, 15) is 0 Å². The molecule has 4 heteroatoms. The van der Waals surface area contributed by atoms with E-state index in [0.29, 0.717) is 0 Å². The van der Waals surface area contributed by atoms with E-state index in [1.807, 2.05) is 44.6 Å². The third kappa shape index (κ3) is 4.33. The highest BCUT2D eigenvalue weighted by Gasteiger charge is 2.08. The number of ether oxygens (including phenoxy) is 1. The first kappa shape index (κ1) is 15.6. The molecule has 0 radical (unpaired) electrons. The predicted molar refractivity (Wildman–Crippen MR) is 85.4 cm³/mol. The number of aryl methyl sites for hydroxylation is 2. The summed E-state index contributed by atoms with van der Waals surface area (Å²) in [6.07, 6.45) is 2.27. The Labute approximate surface area is 127 Å². The van der Waals surface area contributed by atoms with Gasteiger partial charge in [-0.15, -0.1) is 0 Å². The van der Waals surface area contributed by atoms with E-state index in [1.165, 1.54) is 11.1 Å². The average molecular weight is 287 g/mol. The number of aromatic nitrogens is 2. The van der Waals surface area contributed by atoms with E-state index >= 15 is 0 Å². The Morgan fingerprint density at radius 2 is 1.86 bits per heavy atom. The summed E-state index contributed by atoms with van der Waals surface area (Å²) in [6.45, 7) is 9.11. The highest BCUT2D eigenvalue weighted by molar-refractivity contribution is 5.29. The highest BCUT2D eigenvalue weighted by atomic mass is 16.5. The van der Waals surface area contributed by atoms with Gasteiger partial charge in [0.25, 0.3) is 0 Å². The fourth-order valence-electron chi connectivity index (χ4n) is 2.31. The highest BCUT2D eigenvalue weighted by Crippen LogP contribution is 2.19. The van der Waals surface area contributed by atoms with Crippen molar-refractivity contribution in [2.45, 2.75) is 46.4 Å². The Morgan fingerprint density at radius 3 is 2.38 bits per heavy atom. The normalized spacial score (nSPS) is 12.7. The summed E-state index contributed by atoms with van der Waals surface area (Å²) in [5.74, 6) is 0.920. The monoisotopic (exact) mass is 287 g/mol. The summed E-state index contributed by atoms with van der Waals surface area (Å²) >= 11 is 0. The molecule has 0 fully saturated rings. The Kier molecular flexibility index (Phi) is 5.02. The van der Waals surface area contributed by atoms with Crippen molar-refractivity contribution in [1.29, 1.82) is 0 Å². The summed E-state index contributed by atoms with van der Waals surface area (Å²) < 4.78 is 7.52. The van der Waals surface area contributed by atoms with Crippen LogP contribution in [0.15, 0.2) is 30.5 Å². The Hall–Kier alpha value is -1.81. The lowest BCUT2D eigenvalue weighted by atomic mass is 10.1. The minimum absolute atomic E-state index is 0.208. The van der Waals surface area contributed by atoms with Crippen molar-refractivity contribution in [2.24, 2.45) is 7.05 Å². The molecular weight excluding hydrogens is 262 g/mol. The van der Waals surface area contributed by atoms with Gasteiger partial charge in [-0.3, -0.25) is 4.68 Å². The van der Waals surface area contributed by atoms with Crippen molar-refractivity contribution >= 4 is 0 Å². The lowest BCUT2D eigenvalue weighted by molar-refractivity contribution is 0.242. The van der Waals surface area contributed by atoms with Gasteiger partial charge in [0.15, 0.2) is 0 Å². The van der Waals surface area contributed by atoms with Crippen LogP contribution in [0.2, 0.25) is 0 Å². The number of rotatable bonds is 6. The van der Waals surface area contributed by atoms with Crippen LogP contribution < -0.4 is 10.1 Å². The smallest absolute Gasteiger partial charge is 0.119 e. The van der Waals surface area contributed by atoms with E-state index in [2.05, 4.69) is 35.7 Å². The van der Waals surface area contributed by atoms with Crippen LogP contribution >= 0.6 is 0 Å². The molecule has 4 nitrogen and oxygen atoms in total. The molecule has 0 aliphatic carbocycles. The maximum Gasteiger partial charge on any atom is 0.119 e. The van der Waals surface area contributed by atoms with E-state index in [4.69, 9.17) is 4.74 Å². The molecule has 1 atom stereocenters. The lowest BCUT2D eigenvalue weighted by Gasteiger charge is -2.15. The molecule has 0 saturated heterocycles. The number of hydrogen-bond donors (Lipinski definition) is 1.